The zero-order valence-corrected chi connectivity index (χ0v) is 14.1. The Balaban J connectivity index is 1.61. The minimum Gasteiger partial charge on any atom is -0.464 e. The number of likely N-dealkylation sites (tertiary alicyclic amines) is 1. The van der Waals surface area contributed by atoms with E-state index in [0.717, 1.165) is 50.9 Å². The van der Waals surface area contributed by atoms with Gasteiger partial charge in [-0.05, 0) is 44.3 Å². The summed E-state index contributed by atoms with van der Waals surface area (Å²) in [4.78, 5) is 15.3. The van der Waals surface area contributed by atoms with Crippen molar-refractivity contribution in [2.45, 2.75) is 56.8 Å². The van der Waals surface area contributed by atoms with Crippen molar-refractivity contribution in [2.24, 2.45) is 0 Å². The van der Waals surface area contributed by atoms with Crippen molar-refractivity contribution < 1.29 is 9.53 Å². The zero-order valence-electron chi connectivity index (χ0n) is 14.1. The van der Waals surface area contributed by atoms with E-state index in [1.807, 2.05) is 18.2 Å². The summed E-state index contributed by atoms with van der Waals surface area (Å²) in [6.07, 6.45) is 9.23. The summed E-state index contributed by atoms with van der Waals surface area (Å²) in [5, 5.41) is 0. The minimum atomic E-state index is -0.401. The second kappa shape index (κ2) is 7.96. The van der Waals surface area contributed by atoms with Crippen LogP contribution in [-0.4, -0.2) is 37.1 Å². The molecule has 0 amide bonds. The van der Waals surface area contributed by atoms with Gasteiger partial charge < -0.3 is 4.74 Å². The van der Waals surface area contributed by atoms with Crippen LogP contribution < -0.4 is 0 Å². The van der Waals surface area contributed by atoms with E-state index in [1.54, 1.807) is 0 Å². The Labute approximate surface area is 140 Å². The van der Waals surface area contributed by atoms with Crippen molar-refractivity contribution in [1.82, 2.24) is 4.90 Å². The third-order valence-electron chi connectivity index (χ3n) is 5.51. The van der Waals surface area contributed by atoms with E-state index < -0.39 is 5.41 Å². The first kappa shape index (κ1) is 16.5. The van der Waals surface area contributed by atoms with Crippen molar-refractivity contribution in [3.8, 4) is 0 Å². The summed E-state index contributed by atoms with van der Waals surface area (Å²) >= 11 is 0. The summed E-state index contributed by atoms with van der Waals surface area (Å²) in [6, 6.07) is 10.3. The van der Waals surface area contributed by atoms with Crippen LogP contribution in [0.25, 0.3) is 0 Å². The zero-order chi connectivity index (χ0) is 16.0. The van der Waals surface area contributed by atoms with E-state index in [0.29, 0.717) is 6.61 Å². The highest BCUT2D eigenvalue weighted by Gasteiger charge is 2.42. The molecule has 23 heavy (non-hydrogen) atoms. The van der Waals surface area contributed by atoms with Crippen LogP contribution in [0.5, 0.6) is 0 Å². The van der Waals surface area contributed by atoms with E-state index >= 15 is 0 Å². The molecule has 0 atom stereocenters. The quantitative estimate of drug-likeness (QED) is 0.771. The molecule has 0 spiro atoms. The first-order valence-corrected chi connectivity index (χ1v) is 9.26. The molecule has 1 heterocycles. The van der Waals surface area contributed by atoms with Crippen LogP contribution in [0.3, 0.4) is 0 Å². The molecule has 1 aromatic rings. The molecule has 3 rings (SSSR count). The van der Waals surface area contributed by atoms with Gasteiger partial charge in [0.2, 0.25) is 0 Å². The van der Waals surface area contributed by atoms with Gasteiger partial charge in [0.25, 0.3) is 0 Å². The SMILES string of the molecule is O=C(OCCN1CCCCC1)C1(c2ccccc2)CCCCC1. The van der Waals surface area contributed by atoms with Crippen LogP contribution in [0.15, 0.2) is 30.3 Å². The number of benzene rings is 1. The Kier molecular flexibility index (Phi) is 5.71. The van der Waals surface area contributed by atoms with Gasteiger partial charge in [0.05, 0.1) is 5.41 Å². The highest BCUT2D eigenvalue weighted by molar-refractivity contribution is 5.83. The Bertz CT molecular complexity index is 488. The van der Waals surface area contributed by atoms with Crippen LogP contribution in [0.4, 0.5) is 0 Å². The third-order valence-corrected chi connectivity index (χ3v) is 5.51. The first-order valence-electron chi connectivity index (χ1n) is 9.26. The summed E-state index contributed by atoms with van der Waals surface area (Å²) < 4.78 is 5.76. The monoisotopic (exact) mass is 315 g/mol. The smallest absolute Gasteiger partial charge is 0.316 e. The maximum absolute atomic E-state index is 12.9. The molecule has 3 nitrogen and oxygen atoms in total. The Morgan fingerprint density at radius 1 is 0.957 bits per heavy atom. The van der Waals surface area contributed by atoms with Crippen molar-refractivity contribution in [2.75, 3.05) is 26.2 Å². The van der Waals surface area contributed by atoms with Gasteiger partial charge in [-0.15, -0.1) is 0 Å². The molecule has 2 fully saturated rings. The van der Waals surface area contributed by atoms with Crippen molar-refractivity contribution in [3.05, 3.63) is 35.9 Å². The Hall–Kier alpha value is -1.35. The van der Waals surface area contributed by atoms with Gasteiger partial charge >= 0.3 is 5.97 Å². The molecular formula is C20H29NO2. The van der Waals surface area contributed by atoms with E-state index in [-0.39, 0.29) is 5.97 Å². The lowest BCUT2D eigenvalue weighted by Gasteiger charge is -2.35. The number of esters is 1. The molecule has 0 radical (unpaired) electrons. The highest BCUT2D eigenvalue weighted by Crippen LogP contribution is 2.40. The van der Waals surface area contributed by atoms with Gasteiger partial charge in [0, 0.05) is 6.54 Å². The number of piperidine rings is 1. The van der Waals surface area contributed by atoms with Gasteiger partial charge in [-0.1, -0.05) is 56.0 Å². The van der Waals surface area contributed by atoms with Gasteiger partial charge in [-0.3, -0.25) is 9.69 Å². The standard InChI is InChI=1S/C20H29NO2/c22-19(23-17-16-21-14-8-3-9-15-21)20(12-6-2-7-13-20)18-10-4-1-5-11-18/h1,4-5,10-11H,2-3,6-9,12-17H2. The van der Waals surface area contributed by atoms with Crippen molar-refractivity contribution in [1.29, 1.82) is 0 Å². The molecule has 0 aromatic heterocycles. The molecule has 126 valence electrons. The van der Waals surface area contributed by atoms with Gasteiger partial charge in [0.1, 0.15) is 6.61 Å². The second-order valence-corrected chi connectivity index (χ2v) is 7.05. The average Bonchev–Trinajstić information content (AvgIpc) is 2.64. The number of ether oxygens (including phenoxy) is 1. The molecule has 1 aliphatic carbocycles. The number of hydrogen-bond acceptors (Lipinski definition) is 3. The molecule has 0 bridgehead atoms. The maximum atomic E-state index is 12.9. The van der Waals surface area contributed by atoms with E-state index in [1.165, 1.54) is 25.7 Å². The molecule has 3 heteroatoms. The second-order valence-electron chi connectivity index (χ2n) is 7.05. The van der Waals surface area contributed by atoms with Crippen LogP contribution in [0, 0.1) is 0 Å². The third kappa shape index (κ3) is 3.95. The van der Waals surface area contributed by atoms with Crippen molar-refractivity contribution in [3.63, 3.8) is 0 Å². The van der Waals surface area contributed by atoms with Gasteiger partial charge in [-0.25, -0.2) is 0 Å². The Morgan fingerprint density at radius 2 is 1.61 bits per heavy atom. The number of hydrogen-bond donors (Lipinski definition) is 0. The molecule has 2 aliphatic rings. The number of carbonyl (C=O) groups excluding carboxylic acids is 1. The Morgan fingerprint density at radius 3 is 2.30 bits per heavy atom. The van der Waals surface area contributed by atoms with Crippen molar-refractivity contribution >= 4 is 5.97 Å². The predicted molar refractivity (Wildman–Crippen MR) is 92.5 cm³/mol. The first-order chi connectivity index (χ1) is 11.3. The lowest BCUT2D eigenvalue weighted by molar-refractivity contribution is -0.152. The summed E-state index contributed by atoms with van der Waals surface area (Å²) in [6.45, 7) is 3.73. The van der Waals surface area contributed by atoms with E-state index in [4.69, 9.17) is 4.74 Å². The fourth-order valence-corrected chi connectivity index (χ4v) is 4.11. The van der Waals surface area contributed by atoms with Crippen LogP contribution in [0.1, 0.15) is 56.9 Å². The largest absolute Gasteiger partial charge is 0.464 e. The molecule has 0 N–H and O–H groups in total. The lowest BCUT2D eigenvalue weighted by Crippen LogP contribution is -2.41. The number of carbonyl (C=O) groups is 1. The molecule has 1 aliphatic heterocycles. The maximum Gasteiger partial charge on any atom is 0.316 e. The molecule has 1 saturated heterocycles. The van der Waals surface area contributed by atoms with E-state index in [9.17, 15) is 4.79 Å². The molecule has 1 saturated carbocycles. The molecule has 0 unspecified atom stereocenters. The molecule has 1 aromatic carbocycles. The number of nitrogens with zero attached hydrogens (tertiary/aromatic N) is 1. The lowest BCUT2D eigenvalue weighted by atomic mass is 9.69. The van der Waals surface area contributed by atoms with Gasteiger partial charge in [-0.2, -0.15) is 0 Å². The van der Waals surface area contributed by atoms with E-state index in [2.05, 4.69) is 17.0 Å². The normalized spacial score (nSPS) is 21.7. The fourth-order valence-electron chi connectivity index (χ4n) is 4.11. The fraction of sp³-hybridized carbons (Fsp3) is 0.650. The summed E-state index contributed by atoms with van der Waals surface area (Å²) in [5.74, 6) is 0.000379. The molecular weight excluding hydrogens is 286 g/mol. The van der Waals surface area contributed by atoms with Crippen LogP contribution in [-0.2, 0) is 14.9 Å². The van der Waals surface area contributed by atoms with Gasteiger partial charge in [0.15, 0.2) is 0 Å². The topological polar surface area (TPSA) is 29.5 Å². The summed E-state index contributed by atoms with van der Waals surface area (Å²) in [5.41, 5.74) is 0.740. The highest BCUT2D eigenvalue weighted by atomic mass is 16.5. The average molecular weight is 315 g/mol. The summed E-state index contributed by atoms with van der Waals surface area (Å²) in [7, 11) is 0. The predicted octanol–water partition coefficient (Wildman–Crippen LogP) is 3.92. The number of rotatable bonds is 5. The minimum absolute atomic E-state index is 0.000379. The van der Waals surface area contributed by atoms with Crippen LogP contribution in [0.2, 0.25) is 0 Å². The van der Waals surface area contributed by atoms with Crippen LogP contribution >= 0.6 is 0 Å².